The second-order valence-corrected chi connectivity index (χ2v) is 8.39. The van der Waals surface area contributed by atoms with Crippen molar-refractivity contribution in [1.29, 1.82) is 0 Å². The topological polar surface area (TPSA) is 41.6 Å². The third kappa shape index (κ3) is 5.00. The fraction of sp³-hybridized carbons (Fsp3) is 0.682. The number of carbonyl (C=O) groups excluding carboxylic acids is 1. The van der Waals surface area contributed by atoms with Crippen molar-refractivity contribution in [3.05, 3.63) is 29.3 Å². The lowest BCUT2D eigenvalue weighted by molar-refractivity contribution is -0.139. The summed E-state index contributed by atoms with van der Waals surface area (Å²) < 4.78 is 6.06. The summed E-state index contributed by atoms with van der Waals surface area (Å²) in [6, 6.07) is 6.87. The van der Waals surface area contributed by atoms with E-state index in [9.17, 15) is 4.79 Å². The van der Waals surface area contributed by atoms with Crippen molar-refractivity contribution in [2.45, 2.75) is 71.4 Å². The molecular formula is C22H34N2O2. The predicted octanol–water partition coefficient (Wildman–Crippen LogP) is 3.88. The molecule has 1 aromatic carbocycles. The minimum atomic E-state index is -0.438. The second kappa shape index (κ2) is 8.43. The van der Waals surface area contributed by atoms with Gasteiger partial charge in [-0.25, -0.2) is 0 Å². The van der Waals surface area contributed by atoms with Crippen molar-refractivity contribution in [1.82, 2.24) is 10.2 Å². The Kier molecular flexibility index (Phi) is 6.23. The van der Waals surface area contributed by atoms with Crippen LogP contribution in [0.1, 0.15) is 63.5 Å². The van der Waals surface area contributed by atoms with Gasteiger partial charge < -0.3 is 15.0 Å². The lowest BCUT2D eigenvalue weighted by atomic mass is 10.0. The average molecular weight is 359 g/mol. The van der Waals surface area contributed by atoms with Crippen molar-refractivity contribution in [2.75, 3.05) is 19.6 Å². The molecule has 1 aliphatic heterocycles. The molecule has 0 aromatic heterocycles. The van der Waals surface area contributed by atoms with E-state index in [1.807, 2.05) is 18.7 Å². The largest absolute Gasteiger partial charge is 0.481 e. The Bertz CT molecular complexity index is 617. The Morgan fingerprint density at radius 3 is 2.50 bits per heavy atom. The number of benzene rings is 1. The number of nitrogens with zero attached hydrogens (tertiary/aromatic N) is 1. The zero-order valence-electron chi connectivity index (χ0n) is 16.8. The summed E-state index contributed by atoms with van der Waals surface area (Å²) in [6.07, 6.45) is 4.43. The highest BCUT2D eigenvalue weighted by Crippen LogP contribution is 2.28. The van der Waals surface area contributed by atoms with Crippen LogP contribution in [-0.2, 0) is 4.79 Å². The van der Waals surface area contributed by atoms with Crippen LogP contribution < -0.4 is 10.1 Å². The maximum absolute atomic E-state index is 12.8. The molecule has 1 aromatic rings. The number of aryl methyl sites for hydroxylation is 1. The first-order valence-electron chi connectivity index (χ1n) is 10.2. The smallest absolute Gasteiger partial charge is 0.263 e. The van der Waals surface area contributed by atoms with Gasteiger partial charge in [-0.15, -0.1) is 0 Å². The number of likely N-dealkylation sites (tertiary alicyclic amines) is 1. The molecule has 1 saturated heterocycles. The first-order valence-corrected chi connectivity index (χ1v) is 10.2. The predicted molar refractivity (Wildman–Crippen MR) is 106 cm³/mol. The first kappa shape index (κ1) is 19.2. The Hall–Kier alpha value is -1.55. The second-order valence-electron chi connectivity index (χ2n) is 8.39. The van der Waals surface area contributed by atoms with Crippen LogP contribution in [0.5, 0.6) is 5.75 Å². The van der Waals surface area contributed by atoms with Gasteiger partial charge in [0, 0.05) is 19.1 Å². The summed E-state index contributed by atoms with van der Waals surface area (Å²) in [7, 11) is 0. The Morgan fingerprint density at radius 1 is 1.19 bits per heavy atom. The van der Waals surface area contributed by atoms with Crippen LogP contribution in [0.2, 0.25) is 0 Å². The highest BCUT2D eigenvalue weighted by molar-refractivity contribution is 5.81. The molecule has 1 N–H and O–H groups in total. The fourth-order valence-corrected chi connectivity index (χ4v) is 3.56. The molecule has 0 spiro atoms. The van der Waals surface area contributed by atoms with Gasteiger partial charge in [0.2, 0.25) is 0 Å². The van der Waals surface area contributed by atoms with Crippen LogP contribution in [0.3, 0.4) is 0 Å². The summed E-state index contributed by atoms with van der Waals surface area (Å²) >= 11 is 0. The molecule has 0 radical (unpaired) electrons. The summed E-state index contributed by atoms with van der Waals surface area (Å²) in [5, 5.41) is 3.67. The van der Waals surface area contributed by atoms with Crippen LogP contribution in [0.15, 0.2) is 18.2 Å². The van der Waals surface area contributed by atoms with E-state index in [-0.39, 0.29) is 5.91 Å². The van der Waals surface area contributed by atoms with Gasteiger partial charge in [-0.3, -0.25) is 4.79 Å². The maximum Gasteiger partial charge on any atom is 0.263 e. The number of amides is 1. The van der Waals surface area contributed by atoms with Crippen LogP contribution >= 0.6 is 0 Å². The van der Waals surface area contributed by atoms with E-state index in [0.717, 1.165) is 49.7 Å². The third-order valence-electron chi connectivity index (χ3n) is 5.73. The number of hydrogen-bond acceptors (Lipinski definition) is 3. The lowest BCUT2D eigenvalue weighted by Crippen LogP contribution is -2.48. The molecule has 3 rings (SSSR count). The highest BCUT2D eigenvalue weighted by Gasteiger charge is 2.28. The molecule has 1 aliphatic carbocycles. The van der Waals surface area contributed by atoms with E-state index in [1.165, 1.54) is 18.4 Å². The highest BCUT2D eigenvalue weighted by atomic mass is 16.5. The van der Waals surface area contributed by atoms with Gasteiger partial charge in [-0.2, -0.15) is 0 Å². The molecule has 144 valence electrons. The first-order chi connectivity index (χ1) is 12.4. The zero-order valence-corrected chi connectivity index (χ0v) is 16.8. The number of rotatable bonds is 7. The molecule has 26 heavy (non-hydrogen) atoms. The lowest BCUT2D eigenvalue weighted by Gasteiger charge is -2.34. The van der Waals surface area contributed by atoms with E-state index < -0.39 is 6.10 Å². The van der Waals surface area contributed by atoms with E-state index in [4.69, 9.17) is 4.74 Å². The summed E-state index contributed by atoms with van der Waals surface area (Å²) in [4.78, 5) is 14.8. The minimum absolute atomic E-state index is 0.111. The van der Waals surface area contributed by atoms with E-state index in [0.29, 0.717) is 12.0 Å². The Balaban J connectivity index is 1.51. The zero-order chi connectivity index (χ0) is 18.7. The molecule has 1 atom stereocenters. The van der Waals surface area contributed by atoms with E-state index in [2.05, 4.69) is 37.4 Å². The van der Waals surface area contributed by atoms with Gasteiger partial charge in [0.15, 0.2) is 6.10 Å². The van der Waals surface area contributed by atoms with Gasteiger partial charge >= 0.3 is 0 Å². The molecule has 1 saturated carbocycles. The number of ether oxygens (including phenoxy) is 1. The third-order valence-corrected chi connectivity index (χ3v) is 5.73. The van der Waals surface area contributed by atoms with Crippen LogP contribution in [-0.4, -0.2) is 42.6 Å². The Labute approximate surface area is 158 Å². The van der Waals surface area contributed by atoms with Gasteiger partial charge in [-0.05, 0) is 75.1 Å². The fourth-order valence-electron chi connectivity index (χ4n) is 3.56. The summed E-state index contributed by atoms with van der Waals surface area (Å²) in [6.45, 7) is 11.1. The average Bonchev–Trinajstić information content (AvgIpc) is 3.46. The minimum Gasteiger partial charge on any atom is -0.481 e. The van der Waals surface area contributed by atoms with Crippen LogP contribution in [0.4, 0.5) is 0 Å². The molecule has 2 aliphatic rings. The molecule has 2 fully saturated rings. The van der Waals surface area contributed by atoms with Crippen molar-refractivity contribution >= 4 is 5.91 Å². The van der Waals surface area contributed by atoms with Crippen molar-refractivity contribution < 1.29 is 9.53 Å². The summed E-state index contributed by atoms with van der Waals surface area (Å²) in [5.41, 5.74) is 2.32. The number of nitrogens with one attached hydrogen (secondary N) is 1. The normalized spacial score (nSPS) is 19.7. The quantitative estimate of drug-likeness (QED) is 0.804. The van der Waals surface area contributed by atoms with Gasteiger partial charge in [0.1, 0.15) is 5.75 Å². The van der Waals surface area contributed by atoms with Crippen molar-refractivity contribution in [3.8, 4) is 5.75 Å². The molecular weight excluding hydrogens is 324 g/mol. The van der Waals surface area contributed by atoms with Crippen molar-refractivity contribution in [3.63, 3.8) is 0 Å². The SMILES string of the molecule is Cc1ccc(C(C)C)cc1OC(C)C(=O)N1CCC(NCC2CC2)CC1. The molecule has 0 bridgehead atoms. The standard InChI is InChI=1S/C22H34N2O2/c1-15(2)19-8-5-16(3)21(13-19)26-17(4)22(25)24-11-9-20(10-12-24)23-14-18-6-7-18/h5,8,13,15,17-18,20,23H,6-7,9-12,14H2,1-4H3. The number of hydrogen-bond donors (Lipinski definition) is 1. The Morgan fingerprint density at radius 2 is 1.88 bits per heavy atom. The van der Waals surface area contributed by atoms with Crippen LogP contribution in [0.25, 0.3) is 0 Å². The van der Waals surface area contributed by atoms with Gasteiger partial charge in [-0.1, -0.05) is 26.0 Å². The van der Waals surface area contributed by atoms with Crippen LogP contribution in [0, 0.1) is 12.8 Å². The molecule has 4 nitrogen and oxygen atoms in total. The number of piperidine rings is 1. The molecule has 1 unspecified atom stereocenters. The number of carbonyl (C=O) groups is 1. The molecule has 1 heterocycles. The van der Waals surface area contributed by atoms with Gasteiger partial charge in [0.05, 0.1) is 0 Å². The molecule has 1 amide bonds. The monoisotopic (exact) mass is 358 g/mol. The van der Waals surface area contributed by atoms with E-state index >= 15 is 0 Å². The van der Waals surface area contributed by atoms with E-state index in [1.54, 1.807) is 0 Å². The van der Waals surface area contributed by atoms with Crippen molar-refractivity contribution in [2.24, 2.45) is 5.92 Å². The maximum atomic E-state index is 12.8. The van der Waals surface area contributed by atoms with Gasteiger partial charge in [0.25, 0.3) is 5.91 Å². The molecule has 4 heteroatoms. The summed E-state index contributed by atoms with van der Waals surface area (Å²) in [5.74, 6) is 2.30.